The maximum Gasteiger partial charge on any atom is 0.225 e. The number of benzene rings is 1. The number of nitrogens with two attached hydrogens (primary N) is 1. The first kappa shape index (κ1) is 13.4. The third-order valence-corrected chi connectivity index (χ3v) is 5.65. The Labute approximate surface area is 230 Å². The molecule has 37 heavy (non-hydrogen) atoms. The fourth-order valence-corrected chi connectivity index (χ4v) is 3.85. The van der Waals surface area contributed by atoms with Crippen LogP contribution in [0.4, 0.5) is 11.6 Å². The lowest BCUT2D eigenvalue weighted by atomic mass is 10.2. The molecular formula is C25H29N9O3. The SMILES string of the molecule is [2H]c1nn(CCN2CC([2H])([2H])N(c3ccc(OC([2H])([2H])C([2H])([2H])OC([2H])([2H])[2H])cc3)C([2H])([2H])C2)c2nc(N)n3nc(-c4ccco4)nc3c12. The molecule has 0 radical (unpaired) electrons. The number of hydrogen-bond acceptors (Lipinski definition) is 10. The molecule has 0 spiro atoms. The molecule has 5 aromatic rings. The molecule has 12 nitrogen and oxygen atoms in total. The van der Waals surface area contributed by atoms with E-state index in [-0.39, 0.29) is 72.2 Å². The average Bonchev–Trinajstić information content (AvgIpc) is 3.69. The molecule has 1 fully saturated rings. The highest BCUT2D eigenvalue weighted by Gasteiger charge is 2.20. The topological polar surface area (TPSA) is 125 Å². The van der Waals surface area contributed by atoms with Gasteiger partial charge in [-0.2, -0.15) is 14.6 Å². The van der Waals surface area contributed by atoms with Crippen LogP contribution in [0.2, 0.25) is 0 Å². The summed E-state index contributed by atoms with van der Waals surface area (Å²) < 4.78 is 113. The Kier molecular flexibility index (Phi) is 3.65. The van der Waals surface area contributed by atoms with Crippen molar-refractivity contribution in [1.29, 1.82) is 0 Å². The van der Waals surface area contributed by atoms with Crippen LogP contribution in [0.1, 0.15) is 16.4 Å². The minimum atomic E-state index is -3.36. The van der Waals surface area contributed by atoms with Crippen LogP contribution >= 0.6 is 0 Å². The lowest BCUT2D eigenvalue weighted by Crippen LogP contribution is -2.47. The summed E-state index contributed by atoms with van der Waals surface area (Å²) in [5.74, 6) is 0.395. The molecular weight excluding hydrogens is 474 g/mol. The minimum absolute atomic E-state index is 0.00884. The highest BCUT2D eigenvalue weighted by molar-refractivity contribution is 5.90. The number of furan rings is 1. The third-order valence-electron chi connectivity index (χ3n) is 5.65. The van der Waals surface area contributed by atoms with Gasteiger partial charge in [0.15, 0.2) is 17.1 Å². The molecule has 0 saturated carbocycles. The van der Waals surface area contributed by atoms with E-state index in [1.807, 2.05) is 0 Å². The average molecular weight is 516 g/mol. The molecule has 12 heteroatoms. The number of fused-ring (bicyclic) bond motifs is 3. The molecule has 0 atom stereocenters. The van der Waals surface area contributed by atoms with Crippen molar-refractivity contribution < 1.29 is 30.3 Å². The summed E-state index contributed by atoms with van der Waals surface area (Å²) >= 11 is 0. The van der Waals surface area contributed by atoms with E-state index in [0.29, 0.717) is 5.76 Å². The summed E-state index contributed by atoms with van der Waals surface area (Å²) in [6, 6.07) is 8.28. The number of nitrogen functional groups attached to an aromatic ring is 1. The van der Waals surface area contributed by atoms with Gasteiger partial charge in [0.25, 0.3) is 0 Å². The van der Waals surface area contributed by atoms with Gasteiger partial charge in [0.2, 0.25) is 11.8 Å². The van der Waals surface area contributed by atoms with E-state index in [1.54, 1.807) is 17.0 Å². The normalized spacial score (nSPS) is 23.3. The maximum atomic E-state index is 8.76. The minimum Gasteiger partial charge on any atom is -0.491 e. The van der Waals surface area contributed by atoms with Gasteiger partial charge in [-0.15, -0.1) is 5.10 Å². The first-order valence-corrected chi connectivity index (χ1v) is 11.1. The number of piperazine rings is 1. The summed E-state index contributed by atoms with van der Waals surface area (Å²) in [5, 5.41) is 8.89. The molecule has 1 saturated heterocycles. The van der Waals surface area contributed by atoms with Gasteiger partial charge in [-0.25, -0.2) is 9.67 Å². The fourth-order valence-electron chi connectivity index (χ4n) is 3.85. The molecule has 0 bridgehead atoms. The second-order valence-corrected chi connectivity index (χ2v) is 7.92. The van der Waals surface area contributed by atoms with Crippen LogP contribution in [0, 0.1) is 0 Å². The third kappa shape index (κ3) is 4.68. The summed E-state index contributed by atoms with van der Waals surface area (Å²) in [5.41, 5.74) is 6.75. The number of rotatable bonds is 9. The molecule has 1 aromatic carbocycles. The molecule has 192 valence electrons. The van der Waals surface area contributed by atoms with E-state index in [0.717, 1.165) is 4.90 Å². The zero-order valence-electron chi connectivity index (χ0n) is 31.2. The summed E-state index contributed by atoms with van der Waals surface area (Å²) in [6.07, 6.45) is 1.34. The van der Waals surface area contributed by atoms with Crippen LogP contribution in [0.5, 0.6) is 5.75 Å². The van der Waals surface area contributed by atoms with Crippen LogP contribution in [0.25, 0.3) is 28.3 Å². The van der Waals surface area contributed by atoms with Gasteiger partial charge >= 0.3 is 0 Å². The zero-order chi connectivity index (χ0) is 35.7. The number of anilines is 2. The number of ether oxygens (including phenoxy) is 2. The number of hydrogen-bond donors (Lipinski definition) is 1. The van der Waals surface area contributed by atoms with Crippen molar-refractivity contribution in [2.24, 2.45) is 0 Å². The van der Waals surface area contributed by atoms with Gasteiger partial charge < -0.3 is 24.5 Å². The highest BCUT2D eigenvalue weighted by Crippen LogP contribution is 2.24. The Morgan fingerprint density at radius 2 is 2.00 bits per heavy atom. The van der Waals surface area contributed by atoms with Crippen molar-refractivity contribution in [2.45, 2.75) is 6.54 Å². The predicted molar refractivity (Wildman–Crippen MR) is 139 cm³/mol. The summed E-state index contributed by atoms with van der Waals surface area (Å²) in [7, 11) is -3.23. The monoisotopic (exact) mass is 515 g/mol. The van der Waals surface area contributed by atoms with Gasteiger partial charge in [-0.05, 0) is 36.4 Å². The van der Waals surface area contributed by atoms with E-state index in [4.69, 9.17) is 31.3 Å². The van der Waals surface area contributed by atoms with Crippen LogP contribution in [0.15, 0.2) is 53.3 Å². The van der Waals surface area contributed by atoms with E-state index in [1.165, 1.54) is 39.7 Å². The fraction of sp³-hybridized carbons (Fsp3) is 0.360. The molecule has 5 heterocycles. The van der Waals surface area contributed by atoms with E-state index in [9.17, 15) is 0 Å². The Morgan fingerprint density at radius 3 is 2.78 bits per heavy atom. The van der Waals surface area contributed by atoms with Gasteiger partial charge in [0.05, 0.1) is 47.4 Å². The Hall–Kier alpha value is -4.16. The zero-order valence-corrected chi connectivity index (χ0v) is 19.2. The van der Waals surface area contributed by atoms with E-state index < -0.39 is 33.1 Å². The van der Waals surface area contributed by atoms with Crippen LogP contribution in [-0.2, 0) is 11.3 Å². The van der Waals surface area contributed by atoms with Crippen molar-refractivity contribution in [3.63, 3.8) is 0 Å². The molecule has 1 aliphatic heterocycles. The first-order valence-electron chi connectivity index (χ1n) is 17.1. The van der Waals surface area contributed by atoms with Crippen LogP contribution in [0.3, 0.4) is 0 Å². The lowest BCUT2D eigenvalue weighted by molar-refractivity contribution is 0.146. The van der Waals surface area contributed by atoms with Crippen molar-refractivity contribution >= 4 is 28.3 Å². The predicted octanol–water partition coefficient (Wildman–Crippen LogP) is 2.16. The lowest BCUT2D eigenvalue weighted by Gasteiger charge is -2.36. The second kappa shape index (κ2) is 10.1. The highest BCUT2D eigenvalue weighted by atomic mass is 16.5. The van der Waals surface area contributed by atoms with Gasteiger partial charge in [0.1, 0.15) is 12.3 Å². The van der Waals surface area contributed by atoms with E-state index >= 15 is 0 Å². The second-order valence-electron chi connectivity index (χ2n) is 7.92. The number of nitrogens with zero attached hydrogens (tertiary/aromatic N) is 8. The molecule has 2 N–H and O–H groups in total. The number of aromatic nitrogens is 6. The number of methoxy groups -OCH3 is 1. The molecule has 0 aliphatic carbocycles. The van der Waals surface area contributed by atoms with Crippen LogP contribution in [-0.4, -0.2) is 87.0 Å². The smallest absolute Gasteiger partial charge is 0.225 e. The molecule has 0 amide bonds. The quantitative estimate of drug-likeness (QED) is 0.312. The standard InChI is InChI=1S/C25H29N9O3/c1-35-15-16-36-19-6-4-18(5-7-19)32-11-8-31(9-12-32)10-13-33-23-20(17-27-33)24-28-22(21-3-2-14-37-21)30-34(24)25(26)29-23/h2-7,14,17H,8-13,15-16H2,1H3,(H2,26,29)/i1D3,11D2,12D2,15D2,16D2,17D. The molecule has 6 rings (SSSR count). The molecule has 1 aliphatic rings. The van der Waals surface area contributed by atoms with Crippen molar-refractivity contribution in [1.82, 2.24) is 34.3 Å². The molecule has 4 aromatic heterocycles. The van der Waals surface area contributed by atoms with Crippen molar-refractivity contribution in [3.05, 3.63) is 48.8 Å². The van der Waals surface area contributed by atoms with Gasteiger partial charge in [-0.3, -0.25) is 4.90 Å². The first-order chi connectivity index (χ1) is 22.7. The van der Waals surface area contributed by atoms with Crippen molar-refractivity contribution in [3.8, 4) is 17.3 Å². The van der Waals surface area contributed by atoms with Crippen LogP contribution < -0.4 is 15.4 Å². The largest absolute Gasteiger partial charge is 0.491 e. The Balaban J connectivity index is 1.17. The van der Waals surface area contributed by atoms with Crippen molar-refractivity contribution in [2.75, 3.05) is 63.4 Å². The van der Waals surface area contributed by atoms with Gasteiger partial charge in [0, 0.05) is 45.4 Å². The van der Waals surface area contributed by atoms with E-state index in [2.05, 4.69) is 24.9 Å². The van der Waals surface area contributed by atoms with Gasteiger partial charge in [-0.1, -0.05) is 0 Å². The summed E-state index contributed by atoms with van der Waals surface area (Å²) in [4.78, 5) is 11.4. The Bertz CT molecular complexity index is 1960. The maximum absolute atomic E-state index is 8.76. The Morgan fingerprint density at radius 1 is 1.14 bits per heavy atom. The summed E-state index contributed by atoms with van der Waals surface area (Å²) in [6.45, 7) is -11.3. The molecule has 0 unspecified atom stereocenters.